The number of anilines is 3. The molecule has 0 spiro atoms. The fourth-order valence-corrected chi connectivity index (χ4v) is 4.29. The zero-order chi connectivity index (χ0) is 21.6. The van der Waals surface area contributed by atoms with Gasteiger partial charge in [0.05, 0.1) is 5.69 Å². The Morgan fingerprint density at radius 3 is 2.65 bits per heavy atom. The van der Waals surface area contributed by atoms with Crippen molar-refractivity contribution >= 4 is 39.8 Å². The summed E-state index contributed by atoms with van der Waals surface area (Å²) in [6.45, 7) is 0.674. The van der Waals surface area contributed by atoms with E-state index in [9.17, 15) is 9.59 Å². The quantitative estimate of drug-likeness (QED) is 0.609. The molecule has 0 bridgehead atoms. The van der Waals surface area contributed by atoms with Crippen LogP contribution in [0, 0.1) is 0 Å². The Balaban J connectivity index is 1.53. The van der Waals surface area contributed by atoms with Crippen LogP contribution < -0.4 is 10.2 Å². The van der Waals surface area contributed by atoms with Crippen molar-refractivity contribution in [1.29, 1.82) is 0 Å². The fraction of sp³-hybridized carbons (Fsp3) is 0.261. The first kappa shape index (κ1) is 20.9. The first-order valence-corrected chi connectivity index (χ1v) is 11.0. The smallest absolute Gasteiger partial charge is 0.410 e. The number of nitrogens with one attached hydrogen (secondary N) is 1. The molecule has 3 aromatic rings. The first-order chi connectivity index (χ1) is 15.2. The highest BCUT2D eigenvalue weighted by atomic mass is 32.1. The Morgan fingerprint density at radius 1 is 1.19 bits per heavy atom. The van der Waals surface area contributed by atoms with E-state index in [1.54, 1.807) is 11.1 Å². The van der Waals surface area contributed by atoms with E-state index in [1.165, 1.54) is 16.2 Å². The minimum atomic E-state index is -0.587. The largest absolute Gasteiger partial charge is 0.445 e. The molecule has 1 N–H and O–H groups in total. The second-order valence-corrected chi connectivity index (χ2v) is 8.05. The Bertz CT molecular complexity index is 1010. The van der Waals surface area contributed by atoms with Crippen molar-refractivity contribution < 1.29 is 14.3 Å². The highest BCUT2D eigenvalue weighted by Crippen LogP contribution is 2.32. The van der Waals surface area contributed by atoms with Crippen LogP contribution in [-0.4, -0.2) is 41.5 Å². The van der Waals surface area contributed by atoms with Crippen LogP contribution in [0.1, 0.15) is 18.4 Å². The van der Waals surface area contributed by atoms with Crippen LogP contribution >= 0.6 is 11.3 Å². The molecule has 0 saturated carbocycles. The lowest BCUT2D eigenvalue weighted by Gasteiger charge is -2.28. The van der Waals surface area contributed by atoms with Crippen LogP contribution in [-0.2, 0) is 16.1 Å². The minimum absolute atomic E-state index is 0.179. The summed E-state index contributed by atoms with van der Waals surface area (Å²) in [5.74, 6) is -0.179. The molecule has 1 aliphatic rings. The number of rotatable bonds is 6. The summed E-state index contributed by atoms with van der Waals surface area (Å²) in [5, 5.41) is 5.48. The predicted molar refractivity (Wildman–Crippen MR) is 122 cm³/mol. The van der Waals surface area contributed by atoms with E-state index < -0.39 is 12.1 Å². The molecule has 0 radical (unpaired) electrons. The average molecular weight is 437 g/mol. The van der Waals surface area contributed by atoms with Gasteiger partial charge in [-0.1, -0.05) is 30.3 Å². The fourth-order valence-electron chi connectivity index (χ4n) is 3.63. The second-order valence-electron chi connectivity index (χ2n) is 7.18. The third-order valence-corrected chi connectivity index (χ3v) is 5.98. The van der Waals surface area contributed by atoms with Crippen molar-refractivity contribution in [2.45, 2.75) is 25.5 Å². The average Bonchev–Trinajstić information content (AvgIpc) is 3.51. The van der Waals surface area contributed by atoms with Crippen LogP contribution in [0.15, 0.2) is 66.2 Å². The molecule has 7 nitrogen and oxygen atoms in total. The SMILES string of the molecule is CNc1ccc(N(C(=O)C2CCCN2C(=O)OCc2ccccc2)c2nccs2)cc1. The number of likely N-dealkylation sites (tertiary alicyclic amines) is 1. The third kappa shape index (κ3) is 4.69. The number of carbonyl (C=O) groups excluding carboxylic acids is 2. The van der Waals surface area contributed by atoms with Gasteiger partial charge in [-0.15, -0.1) is 11.3 Å². The molecule has 1 fully saturated rings. The molecule has 160 valence electrons. The van der Waals surface area contributed by atoms with E-state index in [2.05, 4.69) is 10.3 Å². The molecule has 1 saturated heterocycles. The van der Waals surface area contributed by atoms with Crippen LogP contribution in [0.5, 0.6) is 0 Å². The zero-order valence-electron chi connectivity index (χ0n) is 17.2. The summed E-state index contributed by atoms with van der Waals surface area (Å²) in [7, 11) is 1.84. The number of aromatic nitrogens is 1. The molecular weight excluding hydrogens is 412 g/mol. The molecule has 2 aromatic carbocycles. The number of thiazole rings is 1. The molecule has 8 heteroatoms. The van der Waals surface area contributed by atoms with Gasteiger partial charge in [0, 0.05) is 30.9 Å². The number of amides is 2. The summed E-state index contributed by atoms with van der Waals surface area (Å²) in [5.41, 5.74) is 2.57. The summed E-state index contributed by atoms with van der Waals surface area (Å²) in [6, 6.07) is 16.5. The van der Waals surface area contributed by atoms with Gasteiger partial charge >= 0.3 is 6.09 Å². The topological polar surface area (TPSA) is 74.8 Å². The summed E-state index contributed by atoms with van der Waals surface area (Å²) in [4.78, 5) is 33.9. The molecule has 2 amide bonds. The lowest BCUT2D eigenvalue weighted by molar-refractivity contribution is -0.121. The van der Waals surface area contributed by atoms with Crippen LogP contribution in [0.4, 0.5) is 21.3 Å². The lowest BCUT2D eigenvalue weighted by Crippen LogP contribution is -2.46. The van der Waals surface area contributed by atoms with Gasteiger partial charge in [0.1, 0.15) is 12.6 Å². The second kappa shape index (κ2) is 9.61. The third-order valence-electron chi connectivity index (χ3n) is 5.22. The van der Waals surface area contributed by atoms with E-state index in [-0.39, 0.29) is 12.5 Å². The van der Waals surface area contributed by atoms with Crippen LogP contribution in [0.3, 0.4) is 0 Å². The first-order valence-electron chi connectivity index (χ1n) is 10.2. The number of nitrogens with zero attached hydrogens (tertiary/aromatic N) is 3. The van der Waals surface area contributed by atoms with Crippen molar-refractivity contribution in [3.63, 3.8) is 0 Å². The number of carbonyl (C=O) groups is 2. The van der Waals surface area contributed by atoms with Gasteiger partial charge in [-0.3, -0.25) is 14.6 Å². The molecule has 4 rings (SSSR count). The Kier molecular flexibility index (Phi) is 6.47. The predicted octanol–water partition coefficient (Wildman–Crippen LogP) is 4.65. The maximum Gasteiger partial charge on any atom is 0.410 e. The van der Waals surface area contributed by atoms with E-state index in [1.807, 2.05) is 67.0 Å². The molecule has 1 aromatic heterocycles. The molecule has 1 atom stereocenters. The highest BCUT2D eigenvalue weighted by molar-refractivity contribution is 7.13. The Morgan fingerprint density at radius 2 is 1.97 bits per heavy atom. The van der Waals surface area contributed by atoms with Gasteiger partial charge in [-0.05, 0) is 42.7 Å². The van der Waals surface area contributed by atoms with E-state index >= 15 is 0 Å². The van der Waals surface area contributed by atoms with E-state index in [0.717, 1.165) is 17.7 Å². The minimum Gasteiger partial charge on any atom is -0.445 e. The molecule has 31 heavy (non-hydrogen) atoms. The maximum absolute atomic E-state index is 13.6. The molecule has 1 aliphatic heterocycles. The van der Waals surface area contributed by atoms with Crippen LogP contribution in [0.2, 0.25) is 0 Å². The number of ether oxygens (including phenoxy) is 1. The number of hydrogen-bond acceptors (Lipinski definition) is 6. The van der Waals surface area contributed by atoms with Gasteiger partial charge in [0.15, 0.2) is 5.13 Å². The van der Waals surface area contributed by atoms with Crippen LogP contribution in [0.25, 0.3) is 0 Å². The molecule has 1 unspecified atom stereocenters. The van der Waals surface area contributed by atoms with Crippen molar-refractivity contribution in [1.82, 2.24) is 9.88 Å². The molecule has 2 heterocycles. The Labute approximate surface area is 185 Å². The standard InChI is InChI=1S/C23H24N4O3S/c1-24-18-9-11-19(12-10-18)27(22-25-13-15-31-22)21(28)20-8-5-14-26(20)23(29)30-16-17-6-3-2-4-7-17/h2-4,6-7,9-13,15,20,24H,5,8,14,16H2,1H3. The van der Waals surface area contributed by atoms with Crippen molar-refractivity contribution in [3.05, 3.63) is 71.7 Å². The monoisotopic (exact) mass is 436 g/mol. The zero-order valence-corrected chi connectivity index (χ0v) is 18.0. The summed E-state index contributed by atoms with van der Waals surface area (Å²) in [6.07, 6.45) is 2.55. The van der Waals surface area contributed by atoms with Gasteiger partial charge in [-0.25, -0.2) is 9.78 Å². The lowest BCUT2D eigenvalue weighted by atomic mass is 10.1. The number of benzene rings is 2. The molecular formula is C23H24N4O3S. The highest BCUT2D eigenvalue weighted by Gasteiger charge is 2.39. The van der Waals surface area contributed by atoms with Gasteiger partial charge in [-0.2, -0.15) is 0 Å². The van der Waals surface area contributed by atoms with Crippen molar-refractivity contribution in [2.75, 3.05) is 23.8 Å². The normalized spacial score (nSPS) is 15.5. The summed E-state index contributed by atoms with van der Waals surface area (Å²) < 4.78 is 5.49. The van der Waals surface area contributed by atoms with Gasteiger partial charge in [0.2, 0.25) is 0 Å². The van der Waals surface area contributed by atoms with E-state index in [0.29, 0.717) is 23.8 Å². The van der Waals surface area contributed by atoms with E-state index in [4.69, 9.17) is 4.74 Å². The Hall–Kier alpha value is -3.39. The summed E-state index contributed by atoms with van der Waals surface area (Å²) >= 11 is 1.38. The molecule has 0 aliphatic carbocycles. The van der Waals surface area contributed by atoms with Gasteiger partial charge < -0.3 is 10.1 Å². The van der Waals surface area contributed by atoms with Crippen molar-refractivity contribution in [2.24, 2.45) is 0 Å². The van der Waals surface area contributed by atoms with Gasteiger partial charge in [0.25, 0.3) is 5.91 Å². The van der Waals surface area contributed by atoms with Crippen molar-refractivity contribution in [3.8, 4) is 0 Å². The maximum atomic E-state index is 13.6. The number of hydrogen-bond donors (Lipinski definition) is 1.